The normalized spacial score (nSPS) is 24.2. The van der Waals surface area contributed by atoms with E-state index in [1.807, 2.05) is 13.8 Å². The van der Waals surface area contributed by atoms with Crippen molar-refractivity contribution in [3.8, 4) is 0 Å². The Hall–Kier alpha value is -1.85. The Bertz CT molecular complexity index is 438. The number of β-lactam (4-membered cyclic amide) rings is 1. The molecule has 0 aromatic heterocycles. The molecule has 2 aliphatic heterocycles. The average molecular weight is 283 g/mol. The van der Waals surface area contributed by atoms with E-state index in [2.05, 4.69) is 9.47 Å². The molecule has 0 saturated carbocycles. The fraction of sp³-hybridized carbons (Fsp3) is 0.643. The number of carbonyl (C=O) groups is 3. The number of allylic oxidation sites excluding steroid dienone is 1. The van der Waals surface area contributed by atoms with Gasteiger partial charge in [0.2, 0.25) is 5.54 Å². The lowest BCUT2D eigenvalue weighted by atomic mass is 9.92. The van der Waals surface area contributed by atoms with E-state index < -0.39 is 17.5 Å². The standard InChI is InChI=1S/C12H15NO5.C2H6/c1-4-7-8-5-6-12(10(15)17-2,11(16)18-3)13(8)9(7)14;1-2/h4,8H,5-6H2,1-3H3;1-2H3/b7-4-;/t8-;/m1./s1. The van der Waals surface area contributed by atoms with Crippen molar-refractivity contribution in [3.63, 3.8) is 0 Å². The third-order valence-electron chi connectivity index (χ3n) is 3.68. The third kappa shape index (κ3) is 1.90. The monoisotopic (exact) mass is 283 g/mol. The lowest BCUT2D eigenvalue weighted by Gasteiger charge is -2.44. The van der Waals surface area contributed by atoms with Crippen molar-refractivity contribution in [2.75, 3.05) is 14.2 Å². The molecule has 1 amide bonds. The minimum Gasteiger partial charge on any atom is -0.467 e. The molecule has 0 aromatic rings. The lowest BCUT2D eigenvalue weighted by molar-refractivity contribution is -0.177. The first kappa shape index (κ1) is 16.2. The van der Waals surface area contributed by atoms with Gasteiger partial charge >= 0.3 is 11.9 Å². The van der Waals surface area contributed by atoms with Gasteiger partial charge in [0.15, 0.2) is 0 Å². The molecule has 1 atom stereocenters. The summed E-state index contributed by atoms with van der Waals surface area (Å²) in [6.07, 6.45) is 2.52. The number of ether oxygens (including phenoxy) is 2. The first-order valence-corrected chi connectivity index (χ1v) is 6.71. The van der Waals surface area contributed by atoms with Gasteiger partial charge in [-0.25, -0.2) is 9.59 Å². The van der Waals surface area contributed by atoms with Gasteiger partial charge in [0.1, 0.15) is 0 Å². The van der Waals surface area contributed by atoms with Crippen LogP contribution in [0, 0.1) is 0 Å². The number of rotatable bonds is 2. The molecule has 2 rings (SSSR count). The summed E-state index contributed by atoms with van der Waals surface area (Å²) in [4.78, 5) is 37.1. The van der Waals surface area contributed by atoms with Crippen molar-refractivity contribution in [2.24, 2.45) is 0 Å². The van der Waals surface area contributed by atoms with Gasteiger partial charge in [-0.1, -0.05) is 19.9 Å². The molecule has 0 aliphatic carbocycles. The fourth-order valence-corrected chi connectivity index (χ4v) is 2.82. The van der Waals surface area contributed by atoms with E-state index in [-0.39, 0.29) is 18.4 Å². The highest BCUT2D eigenvalue weighted by Gasteiger charge is 2.67. The van der Waals surface area contributed by atoms with E-state index in [1.165, 1.54) is 19.1 Å². The van der Waals surface area contributed by atoms with Crippen LogP contribution in [-0.4, -0.2) is 48.5 Å². The van der Waals surface area contributed by atoms with Crippen LogP contribution in [0.25, 0.3) is 0 Å². The molecule has 2 aliphatic rings. The van der Waals surface area contributed by atoms with Crippen LogP contribution in [0.2, 0.25) is 0 Å². The quantitative estimate of drug-likeness (QED) is 0.328. The van der Waals surface area contributed by atoms with Crippen LogP contribution < -0.4 is 0 Å². The number of esters is 2. The summed E-state index contributed by atoms with van der Waals surface area (Å²) in [7, 11) is 2.39. The topological polar surface area (TPSA) is 72.9 Å². The van der Waals surface area contributed by atoms with Crippen LogP contribution in [0.1, 0.15) is 33.6 Å². The highest BCUT2D eigenvalue weighted by molar-refractivity contribution is 6.14. The molecule has 0 N–H and O–H groups in total. The van der Waals surface area contributed by atoms with E-state index >= 15 is 0 Å². The second-order valence-corrected chi connectivity index (χ2v) is 4.32. The van der Waals surface area contributed by atoms with Gasteiger partial charge in [-0.05, 0) is 19.8 Å². The van der Waals surface area contributed by atoms with Crippen molar-refractivity contribution in [1.82, 2.24) is 4.90 Å². The van der Waals surface area contributed by atoms with Gasteiger partial charge in [0, 0.05) is 5.57 Å². The average Bonchev–Trinajstić information content (AvgIpc) is 2.84. The SMILES string of the molecule is C/C=C1\C(=O)N2[C@@H]1CCC2(C(=O)OC)C(=O)OC.CC. The van der Waals surface area contributed by atoms with E-state index in [0.717, 1.165) is 0 Å². The summed E-state index contributed by atoms with van der Waals surface area (Å²) in [6, 6.07) is -0.180. The zero-order valence-corrected chi connectivity index (χ0v) is 12.6. The molecule has 20 heavy (non-hydrogen) atoms. The molecule has 112 valence electrons. The van der Waals surface area contributed by atoms with E-state index in [9.17, 15) is 14.4 Å². The Morgan fingerprint density at radius 2 is 1.75 bits per heavy atom. The fourth-order valence-electron chi connectivity index (χ4n) is 2.82. The van der Waals surface area contributed by atoms with Gasteiger partial charge in [-0.15, -0.1) is 0 Å². The van der Waals surface area contributed by atoms with Crippen LogP contribution >= 0.6 is 0 Å². The van der Waals surface area contributed by atoms with Crippen LogP contribution in [0.15, 0.2) is 11.6 Å². The maximum Gasteiger partial charge on any atom is 0.343 e. The molecular weight excluding hydrogens is 262 g/mol. The molecule has 6 nitrogen and oxygen atoms in total. The number of hydrogen-bond acceptors (Lipinski definition) is 5. The molecular formula is C14H21NO5. The molecule has 0 bridgehead atoms. The minimum absolute atomic E-state index is 0.180. The summed E-state index contributed by atoms with van der Waals surface area (Å²) < 4.78 is 9.35. The van der Waals surface area contributed by atoms with Gasteiger partial charge < -0.3 is 14.4 Å². The number of hydrogen-bond donors (Lipinski definition) is 0. The first-order valence-electron chi connectivity index (χ1n) is 6.71. The van der Waals surface area contributed by atoms with Crippen LogP contribution in [-0.2, 0) is 23.9 Å². The van der Waals surface area contributed by atoms with Crippen molar-refractivity contribution < 1.29 is 23.9 Å². The van der Waals surface area contributed by atoms with E-state index in [1.54, 1.807) is 13.0 Å². The summed E-state index contributed by atoms with van der Waals surface area (Å²) in [6.45, 7) is 5.76. The summed E-state index contributed by atoms with van der Waals surface area (Å²) in [5.74, 6) is -1.77. The van der Waals surface area contributed by atoms with E-state index in [4.69, 9.17) is 0 Å². The number of amides is 1. The second-order valence-electron chi connectivity index (χ2n) is 4.32. The van der Waals surface area contributed by atoms with Crippen LogP contribution in [0.5, 0.6) is 0 Å². The number of nitrogens with zero attached hydrogens (tertiary/aromatic N) is 1. The number of fused-ring (bicyclic) bond motifs is 1. The van der Waals surface area contributed by atoms with Crippen LogP contribution in [0.4, 0.5) is 0 Å². The molecule has 0 unspecified atom stereocenters. The number of carbonyl (C=O) groups excluding carboxylic acids is 3. The van der Waals surface area contributed by atoms with Crippen LogP contribution in [0.3, 0.4) is 0 Å². The predicted molar refractivity (Wildman–Crippen MR) is 71.7 cm³/mol. The molecule has 0 radical (unpaired) electrons. The molecule has 6 heteroatoms. The third-order valence-corrected chi connectivity index (χ3v) is 3.68. The highest BCUT2D eigenvalue weighted by Crippen LogP contribution is 2.46. The highest BCUT2D eigenvalue weighted by atomic mass is 16.5. The van der Waals surface area contributed by atoms with E-state index in [0.29, 0.717) is 12.0 Å². The first-order chi connectivity index (χ1) is 9.54. The Kier molecular flexibility index (Phi) is 4.92. The Balaban J connectivity index is 0.000000956. The summed E-state index contributed by atoms with van der Waals surface area (Å²) in [5, 5.41) is 0. The molecule has 0 aromatic carbocycles. The minimum atomic E-state index is -1.60. The van der Waals surface area contributed by atoms with Crippen molar-refractivity contribution in [3.05, 3.63) is 11.6 Å². The second kappa shape index (κ2) is 6.07. The molecule has 2 fully saturated rings. The van der Waals surface area contributed by atoms with Crippen molar-refractivity contribution in [2.45, 2.75) is 45.2 Å². The Labute approximate surface area is 118 Å². The van der Waals surface area contributed by atoms with Gasteiger partial charge in [0.25, 0.3) is 5.91 Å². The zero-order valence-electron chi connectivity index (χ0n) is 12.6. The molecule has 2 saturated heterocycles. The Morgan fingerprint density at radius 1 is 1.25 bits per heavy atom. The maximum atomic E-state index is 12.0. The number of methoxy groups -OCH3 is 2. The van der Waals surface area contributed by atoms with Gasteiger partial charge in [-0.3, -0.25) is 4.79 Å². The maximum absolute atomic E-state index is 12.0. The molecule has 0 spiro atoms. The molecule has 2 heterocycles. The zero-order chi connectivity index (χ0) is 15.5. The summed E-state index contributed by atoms with van der Waals surface area (Å²) >= 11 is 0. The largest absolute Gasteiger partial charge is 0.467 e. The predicted octanol–water partition coefficient (Wildman–Crippen LogP) is 1.05. The lowest BCUT2D eigenvalue weighted by Crippen LogP contribution is -2.67. The summed E-state index contributed by atoms with van der Waals surface area (Å²) in [5.41, 5.74) is -0.956. The smallest absolute Gasteiger partial charge is 0.343 e. The Morgan fingerprint density at radius 3 is 2.15 bits per heavy atom. The van der Waals surface area contributed by atoms with Gasteiger partial charge in [-0.2, -0.15) is 0 Å². The van der Waals surface area contributed by atoms with Crippen molar-refractivity contribution in [1.29, 1.82) is 0 Å². The van der Waals surface area contributed by atoms with Crippen molar-refractivity contribution >= 4 is 17.8 Å². The van der Waals surface area contributed by atoms with Gasteiger partial charge in [0.05, 0.1) is 20.3 Å².